The maximum Gasteiger partial charge on any atom is 0.174 e. The molecular weight excluding hydrogens is 288 g/mol. The van der Waals surface area contributed by atoms with Gasteiger partial charge in [0.2, 0.25) is 0 Å². The van der Waals surface area contributed by atoms with Crippen molar-refractivity contribution in [3.63, 3.8) is 0 Å². The van der Waals surface area contributed by atoms with Crippen LogP contribution in [0.3, 0.4) is 0 Å². The van der Waals surface area contributed by atoms with Gasteiger partial charge in [-0.1, -0.05) is 6.92 Å². The van der Waals surface area contributed by atoms with Gasteiger partial charge in [0.1, 0.15) is 0 Å². The fraction of sp³-hybridized carbons (Fsp3) is 1.00. The topological polar surface area (TPSA) is 38.7 Å². The lowest BCUT2D eigenvalue weighted by Crippen LogP contribution is -2.54. The summed E-state index contributed by atoms with van der Waals surface area (Å²) in [7, 11) is 0. The van der Waals surface area contributed by atoms with Gasteiger partial charge in [-0.2, -0.15) is 0 Å². The summed E-state index contributed by atoms with van der Waals surface area (Å²) in [6.45, 7) is 4.06. The Kier molecular flexibility index (Phi) is 3.42. The Hall–Kier alpha value is -0.120. The van der Waals surface area contributed by atoms with Crippen LogP contribution in [0.2, 0.25) is 0 Å². The van der Waals surface area contributed by atoms with Gasteiger partial charge < -0.3 is 14.6 Å². The molecule has 1 saturated heterocycles. The number of aliphatic hydroxyl groups excluding tert-OH is 1. The Morgan fingerprint density at radius 1 is 0.826 bits per heavy atom. The van der Waals surface area contributed by atoms with E-state index < -0.39 is 0 Å². The van der Waals surface area contributed by atoms with Gasteiger partial charge in [-0.15, -0.1) is 0 Å². The second-order valence-corrected chi connectivity index (χ2v) is 9.35. The normalized spacial score (nSPS) is 54.5. The Labute approximate surface area is 140 Å². The van der Waals surface area contributed by atoms with Gasteiger partial charge in [-0.25, -0.2) is 0 Å². The quantitative estimate of drug-likeness (QED) is 0.739. The molecule has 4 saturated carbocycles. The van der Waals surface area contributed by atoms with Crippen molar-refractivity contribution in [1.29, 1.82) is 0 Å². The van der Waals surface area contributed by atoms with Crippen molar-refractivity contribution in [2.24, 2.45) is 35.0 Å². The molecule has 5 rings (SSSR count). The summed E-state index contributed by atoms with van der Waals surface area (Å²) in [5.41, 5.74) is 0.242. The van der Waals surface area contributed by atoms with Crippen LogP contribution >= 0.6 is 0 Å². The van der Waals surface area contributed by atoms with Crippen LogP contribution in [0, 0.1) is 35.0 Å². The van der Waals surface area contributed by atoms with E-state index in [0.29, 0.717) is 0 Å². The van der Waals surface area contributed by atoms with Crippen LogP contribution in [-0.4, -0.2) is 30.2 Å². The SMILES string of the molecule is CC12CC[C@H]3[C@@H](CC[C@H]4C[C@@H](O)CC[C@@H]43)[C@@H]1CCC21OCCO1. The highest BCUT2D eigenvalue weighted by atomic mass is 16.7. The zero-order valence-corrected chi connectivity index (χ0v) is 14.5. The molecule has 3 nitrogen and oxygen atoms in total. The smallest absolute Gasteiger partial charge is 0.174 e. The van der Waals surface area contributed by atoms with E-state index in [1.807, 2.05) is 0 Å². The van der Waals surface area contributed by atoms with Gasteiger partial charge in [0, 0.05) is 11.8 Å². The van der Waals surface area contributed by atoms with Gasteiger partial charge in [0.15, 0.2) is 5.79 Å². The molecule has 0 aromatic rings. The van der Waals surface area contributed by atoms with Crippen LogP contribution < -0.4 is 0 Å². The zero-order chi connectivity index (χ0) is 15.7. The van der Waals surface area contributed by atoms with Crippen LogP contribution in [0.1, 0.15) is 64.7 Å². The second kappa shape index (κ2) is 5.19. The van der Waals surface area contributed by atoms with E-state index in [9.17, 15) is 5.11 Å². The highest BCUT2D eigenvalue weighted by Crippen LogP contribution is 2.66. The third-order valence-corrected chi connectivity index (χ3v) is 8.72. The minimum absolute atomic E-state index is 0.0169. The Morgan fingerprint density at radius 2 is 1.61 bits per heavy atom. The summed E-state index contributed by atoms with van der Waals surface area (Å²) in [4.78, 5) is 0. The third kappa shape index (κ3) is 1.99. The average molecular weight is 320 g/mol. The standard InChI is InChI=1S/C20H32O3/c1-19-8-6-16-15-5-3-14(21)12-13(15)2-4-17(16)18(19)7-9-20(19)22-10-11-23-20/h13-18,21H,2-12H2,1H3/t13-,14-,15-,16+,17+,18-,19?/m0/s1. The van der Waals surface area contributed by atoms with Gasteiger partial charge in [-0.05, 0) is 81.0 Å². The summed E-state index contributed by atoms with van der Waals surface area (Å²) < 4.78 is 12.4. The molecule has 5 aliphatic rings. The molecule has 1 aliphatic heterocycles. The molecule has 0 amide bonds. The maximum absolute atomic E-state index is 10.0. The predicted octanol–water partition coefficient (Wildman–Crippen LogP) is 3.74. The number of fused-ring (bicyclic) bond motifs is 6. The maximum atomic E-state index is 10.0. The van der Waals surface area contributed by atoms with Crippen molar-refractivity contribution >= 4 is 0 Å². The van der Waals surface area contributed by atoms with E-state index in [4.69, 9.17) is 9.47 Å². The largest absolute Gasteiger partial charge is 0.393 e. The van der Waals surface area contributed by atoms with Gasteiger partial charge in [-0.3, -0.25) is 0 Å². The molecule has 0 aromatic carbocycles. The monoisotopic (exact) mass is 320 g/mol. The lowest BCUT2D eigenvalue weighted by Gasteiger charge is -2.57. The fourth-order valence-electron chi connectivity index (χ4n) is 7.71. The molecule has 1 unspecified atom stereocenters. The second-order valence-electron chi connectivity index (χ2n) is 9.35. The van der Waals surface area contributed by atoms with E-state index in [2.05, 4.69) is 6.92 Å². The van der Waals surface area contributed by atoms with E-state index in [-0.39, 0.29) is 17.3 Å². The molecule has 130 valence electrons. The Morgan fingerprint density at radius 3 is 2.43 bits per heavy atom. The average Bonchev–Trinajstić information content (AvgIpc) is 3.14. The molecule has 3 heteroatoms. The molecule has 1 spiro atoms. The Balaban J connectivity index is 1.41. The highest BCUT2D eigenvalue weighted by molar-refractivity contribution is 5.10. The summed E-state index contributed by atoms with van der Waals surface area (Å²) in [5.74, 6) is 4.05. The highest BCUT2D eigenvalue weighted by Gasteiger charge is 2.65. The minimum atomic E-state index is -0.248. The van der Waals surface area contributed by atoms with Crippen LogP contribution in [0.4, 0.5) is 0 Å². The van der Waals surface area contributed by atoms with Crippen molar-refractivity contribution in [1.82, 2.24) is 0 Å². The van der Waals surface area contributed by atoms with E-state index in [1.54, 1.807) is 0 Å². The van der Waals surface area contributed by atoms with Gasteiger partial charge in [0.25, 0.3) is 0 Å². The molecule has 0 aromatic heterocycles. The fourth-order valence-corrected chi connectivity index (χ4v) is 7.71. The zero-order valence-electron chi connectivity index (χ0n) is 14.5. The van der Waals surface area contributed by atoms with Crippen molar-refractivity contribution in [2.75, 3.05) is 13.2 Å². The van der Waals surface area contributed by atoms with Gasteiger partial charge in [0.05, 0.1) is 19.3 Å². The van der Waals surface area contributed by atoms with Crippen LogP contribution in [-0.2, 0) is 9.47 Å². The lowest BCUT2D eigenvalue weighted by atomic mass is 9.50. The summed E-state index contributed by atoms with van der Waals surface area (Å²) in [6, 6.07) is 0. The van der Waals surface area contributed by atoms with Crippen molar-refractivity contribution in [3.05, 3.63) is 0 Å². The number of aliphatic hydroxyl groups is 1. The molecule has 7 atom stereocenters. The summed E-state index contributed by atoms with van der Waals surface area (Å²) >= 11 is 0. The first-order valence-electron chi connectivity index (χ1n) is 10.1. The molecule has 0 bridgehead atoms. The predicted molar refractivity (Wildman–Crippen MR) is 87.8 cm³/mol. The van der Waals surface area contributed by atoms with Gasteiger partial charge >= 0.3 is 0 Å². The van der Waals surface area contributed by atoms with Crippen LogP contribution in [0.15, 0.2) is 0 Å². The molecule has 1 heterocycles. The lowest BCUT2D eigenvalue weighted by molar-refractivity contribution is -0.243. The summed E-state index contributed by atoms with van der Waals surface area (Å²) in [5, 5.41) is 10.0. The third-order valence-electron chi connectivity index (χ3n) is 8.72. The van der Waals surface area contributed by atoms with E-state index >= 15 is 0 Å². The number of hydrogen-bond acceptors (Lipinski definition) is 3. The first-order chi connectivity index (χ1) is 11.1. The van der Waals surface area contributed by atoms with Crippen molar-refractivity contribution in [2.45, 2.75) is 76.6 Å². The van der Waals surface area contributed by atoms with Crippen molar-refractivity contribution in [3.8, 4) is 0 Å². The van der Waals surface area contributed by atoms with E-state index in [1.165, 1.54) is 38.5 Å². The molecule has 23 heavy (non-hydrogen) atoms. The summed E-state index contributed by atoms with van der Waals surface area (Å²) in [6.07, 6.45) is 11.2. The molecule has 5 fully saturated rings. The molecule has 1 N–H and O–H groups in total. The minimum Gasteiger partial charge on any atom is -0.393 e. The number of ether oxygens (including phenoxy) is 2. The number of hydrogen-bond donors (Lipinski definition) is 1. The Bertz CT molecular complexity index is 472. The first kappa shape index (κ1) is 15.2. The van der Waals surface area contributed by atoms with E-state index in [0.717, 1.165) is 62.1 Å². The number of rotatable bonds is 0. The van der Waals surface area contributed by atoms with Crippen LogP contribution in [0.25, 0.3) is 0 Å². The molecule has 4 aliphatic carbocycles. The molecule has 0 radical (unpaired) electrons. The first-order valence-corrected chi connectivity index (χ1v) is 10.1. The molecular formula is C20H32O3. The van der Waals surface area contributed by atoms with Crippen molar-refractivity contribution < 1.29 is 14.6 Å². The van der Waals surface area contributed by atoms with Crippen LogP contribution in [0.5, 0.6) is 0 Å².